The molecule has 28 heavy (non-hydrogen) atoms. The summed E-state index contributed by atoms with van der Waals surface area (Å²) in [6, 6.07) is 13.7. The van der Waals surface area contributed by atoms with Crippen LogP contribution in [0.1, 0.15) is 15.9 Å². The molecule has 0 fully saturated rings. The Balaban J connectivity index is 1.86. The van der Waals surface area contributed by atoms with Crippen molar-refractivity contribution in [2.75, 3.05) is 12.9 Å². The second-order valence-electron chi connectivity index (χ2n) is 6.14. The average Bonchev–Trinajstić information content (AvgIpc) is 2.95. The lowest BCUT2D eigenvalue weighted by Crippen LogP contribution is -2.20. The molecule has 0 radical (unpaired) electrons. The zero-order chi connectivity index (χ0) is 20.3. The van der Waals surface area contributed by atoms with Crippen molar-refractivity contribution < 1.29 is 22.7 Å². The van der Waals surface area contributed by atoms with Gasteiger partial charge in [-0.1, -0.05) is 41.7 Å². The summed E-state index contributed by atoms with van der Waals surface area (Å²) >= 11 is 1.20. The number of carbonyl (C=O) groups excluding carboxylic acids is 2. The van der Waals surface area contributed by atoms with Crippen LogP contribution in [0.5, 0.6) is 0 Å². The highest BCUT2D eigenvalue weighted by atomic mass is 32.2. The van der Waals surface area contributed by atoms with Gasteiger partial charge in [-0.05, 0) is 23.8 Å². The zero-order valence-corrected chi connectivity index (χ0v) is 16.9. The molecule has 7 nitrogen and oxygen atoms in total. The molecule has 0 saturated heterocycles. The Bertz CT molecular complexity index is 1210. The molecule has 1 heterocycles. The summed E-state index contributed by atoms with van der Waals surface area (Å²) < 4.78 is 31.7. The molecular formula is C19H18N2O5S2. The van der Waals surface area contributed by atoms with Crippen molar-refractivity contribution in [1.29, 1.82) is 0 Å². The van der Waals surface area contributed by atoms with Crippen LogP contribution in [-0.2, 0) is 32.2 Å². The zero-order valence-electron chi connectivity index (χ0n) is 15.3. The first-order valence-corrected chi connectivity index (χ1v) is 10.9. The first-order chi connectivity index (χ1) is 13.3. The normalized spacial score (nSPS) is 12.3. The van der Waals surface area contributed by atoms with Crippen LogP contribution in [0.3, 0.4) is 0 Å². The van der Waals surface area contributed by atoms with Gasteiger partial charge in [0, 0.05) is 7.05 Å². The van der Waals surface area contributed by atoms with Gasteiger partial charge in [-0.3, -0.25) is 4.79 Å². The molecule has 0 aliphatic heterocycles. The van der Waals surface area contributed by atoms with Crippen molar-refractivity contribution in [3.05, 3.63) is 64.5 Å². The standard InChI is InChI=1S/C19H18N2O5S2/c1-21-15-9-8-14(18(23)26-2)10-16(15)27-19(21)20-17(22)12-28(24,25)11-13-6-4-3-5-7-13/h3-10H,11-12H2,1-2H3. The van der Waals surface area contributed by atoms with Gasteiger partial charge in [0.1, 0.15) is 5.75 Å². The number of ether oxygens (including phenoxy) is 1. The first-order valence-electron chi connectivity index (χ1n) is 8.29. The molecule has 0 saturated carbocycles. The van der Waals surface area contributed by atoms with Crippen LogP contribution in [0.4, 0.5) is 0 Å². The molecule has 9 heteroatoms. The highest BCUT2D eigenvalue weighted by molar-refractivity contribution is 7.91. The second kappa shape index (κ2) is 8.07. The number of hydrogen-bond acceptors (Lipinski definition) is 6. The van der Waals surface area contributed by atoms with Crippen LogP contribution in [-0.4, -0.2) is 37.7 Å². The van der Waals surface area contributed by atoms with E-state index >= 15 is 0 Å². The van der Waals surface area contributed by atoms with Crippen molar-refractivity contribution in [1.82, 2.24) is 4.57 Å². The van der Waals surface area contributed by atoms with E-state index in [0.29, 0.717) is 15.9 Å². The highest BCUT2D eigenvalue weighted by Crippen LogP contribution is 2.19. The number of benzene rings is 2. The van der Waals surface area contributed by atoms with E-state index in [2.05, 4.69) is 4.99 Å². The van der Waals surface area contributed by atoms with Gasteiger partial charge in [0.15, 0.2) is 14.6 Å². The fraction of sp³-hybridized carbons (Fsp3) is 0.211. The number of amides is 1. The minimum absolute atomic E-state index is 0.212. The second-order valence-corrected chi connectivity index (χ2v) is 9.21. The van der Waals surface area contributed by atoms with Crippen LogP contribution in [0, 0.1) is 0 Å². The van der Waals surface area contributed by atoms with E-state index in [0.717, 1.165) is 10.2 Å². The van der Waals surface area contributed by atoms with Crippen molar-refractivity contribution >= 4 is 43.3 Å². The Morgan fingerprint density at radius 3 is 2.54 bits per heavy atom. The Morgan fingerprint density at radius 1 is 1.14 bits per heavy atom. The molecule has 0 aliphatic carbocycles. The summed E-state index contributed by atoms with van der Waals surface area (Å²) in [6.45, 7) is 0. The van der Waals surface area contributed by atoms with E-state index in [1.54, 1.807) is 60.1 Å². The number of nitrogens with zero attached hydrogens (tertiary/aromatic N) is 2. The number of methoxy groups -OCH3 is 1. The molecule has 0 bridgehead atoms. The number of hydrogen-bond donors (Lipinski definition) is 0. The summed E-state index contributed by atoms with van der Waals surface area (Å²) in [4.78, 5) is 28.2. The quantitative estimate of drug-likeness (QED) is 0.591. The van der Waals surface area contributed by atoms with Crippen molar-refractivity contribution in [2.24, 2.45) is 12.0 Å². The summed E-state index contributed by atoms with van der Waals surface area (Å²) in [5.74, 6) is -2.06. The third kappa shape index (κ3) is 4.55. The number of aryl methyl sites for hydroxylation is 1. The number of esters is 1. The molecule has 0 atom stereocenters. The molecule has 3 rings (SSSR count). The molecule has 0 unspecified atom stereocenters. The van der Waals surface area contributed by atoms with Crippen LogP contribution in [0.15, 0.2) is 53.5 Å². The minimum atomic E-state index is -3.63. The lowest BCUT2D eigenvalue weighted by molar-refractivity contribution is -0.115. The highest BCUT2D eigenvalue weighted by Gasteiger charge is 2.17. The van der Waals surface area contributed by atoms with E-state index in [1.807, 2.05) is 0 Å². The van der Waals surface area contributed by atoms with Gasteiger partial charge in [-0.25, -0.2) is 13.2 Å². The largest absolute Gasteiger partial charge is 0.465 e. The maximum Gasteiger partial charge on any atom is 0.337 e. The molecule has 1 amide bonds. The Hall–Kier alpha value is -2.78. The van der Waals surface area contributed by atoms with Crippen LogP contribution in [0.25, 0.3) is 10.2 Å². The van der Waals surface area contributed by atoms with Crippen LogP contribution < -0.4 is 4.80 Å². The van der Waals surface area contributed by atoms with Gasteiger partial charge in [0.2, 0.25) is 0 Å². The molecule has 0 spiro atoms. The van der Waals surface area contributed by atoms with Gasteiger partial charge >= 0.3 is 5.97 Å². The minimum Gasteiger partial charge on any atom is -0.465 e. The fourth-order valence-electron chi connectivity index (χ4n) is 2.69. The summed E-state index contributed by atoms with van der Waals surface area (Å²) in [7, 11) is -0.602. The van der Waals surface area contributed by atoms with Crippen LogP contribution >= 0.6 is 11.3 Å². The monoisotopic (exact) mass is 418 g/mol. The Kier molecular flexibility index (Phi) is 5.76. The third-order valence-electron chi connectivity index (χ3n) is 4.02. The average molecular weight is 418 g/mol. The van der Waals surface area contributed by atoms with E-state index in [4.69, 9.17) is 4.74 Å². The van der Waals surface area contributed by atoms with Gasteiger partial charge in [0.25, 0.3) is 5.91 Å². The number of thiazole rings is 1. The van der Waals surface area contributed by atoms with Gasteiger partial charge in [-0.2, -0.15) is 4.99 Å². The lowest BCUT2D eigenvalue weighted by Gasteiger charge is -2.02. The first kappa shape index (κ1) is 20.0. The van der Waals surface area contributed by atoms with E-state index in [1.165, 1.54) is 18.4 Å². The predicted molar refractivity (Wildman–Crippen MR) is 107 cm³/mol. The summed E-state index contributed by atoms with van der Waals surface area (Å²) in [6.07, 6.45) is 0. The fourth-order valence-corrected chi connectivity index (χ4v) is 5.01. The maximum absolute atomic E-state index is 12.3. The summed E-state index contributed by atoms with van der Waals surface area (Å²) in [5.41, 5.74) is 1.79. The van der Waals surface area contributed by atoms with E-state index in [-0.39, 0.29) is 5.75 Å². The third-order valence-corrected chi connectivity index (χ3v) is 6.58. The predicted octanol–water partition coefficient (Wildman–Crippen LogP) is 2.07. The number of fused-ring (bicyclic) bond motifs is 1. The molecule has 1 aromatic heterocycles. The number of carbonyl (C=O) groups is 2. The molecule has 146 valence electrons. The van der Waals surface area contributed by atoms with E-state index < -0.39 is 27.5 Å². The maximum atomic E-state index is 12.3. The Labute approximate surface area is 165 Å². The lowest BCUT2D eigenvalue weighted by atomic mass is 10.2. The number of sulfone groups is 1. The van der Waals surface area contributed by atoms with Gasteiger partial charge in [-0.15, -0.1) is 0 Å². The topological polar surface area (TPSA) is 94.8 Å². The van der Waals surface area contributed by atoms with E-state index in [9.17, 15) is 18.0 Å². The number of rotatable bonds is 5. The molecule has 0 N–H and O–H groups in total. The smallest absolute Gasteiger partial charge is 0.337 e. The van der Waals surface area contributed by atoms with Crippen LogP contribution in [0.2, 0.25) is 0 Å². The summed E-state index contributed by atoms with van der Waals surface area (Å²) in [5, 5.41) is 0. The molecule has 3 aromatic rings. The number of aromatic nitrogens is 1. The van der Waals surface area contributed by atoms with Crippen molar-refractivity contribution in [2.45, 2.75) is 5.75 Å². The van der Waals surface area contributed by atoms with Gasteiger partial charge in [0.05, 0.1) is 28.6 Å². The Morgan fingerprint density at radius 2 is 1.86 bits per heavy atom. The molecule has 0 aliphatic rings. The van der Waals surface area contributed by atoms with Crippen molar-refractivity contribution in [3.63, 3.8) is 0 Å². The van der Waals surface area contributed by atoms with Gasteiger partial charge < -0.3 is 9.30 Å². The SMILES string of the molecule is COC(=O)c1ccc2c(c1)sc(=NC(=O)CS(=O)(=O)Cc1ccccc1)n2C. The van der Waals surface area contributed by atoms with Crippen molar-refractivity contribution in [3.8, 4) is 0 Å². The molecule has 2 aromatic carbocycles. The molecular weight excluding hydrogens is 400 g/mol.